The van der Waals surface area contributed by atoms with Gasteiger partial charge < -0.3 is 15.7 Å². The number of phenolic OH excluding ortho intramolecular Hbond substituents is 1. The van der Waals surface area contributed by atoms with Crippen molar-refractivity contribution in [3.63, 3.8) is 0 Å². The van der Waals surface area contributed by atoms with E-state index in [2.05, 4.69) is 20.6 Å². The first-order valence-electron chi connectivity index (χ1n) is 7.78. The monoisotopic (exact) mass is 370 g/mol. The molecule has 0 unspecified atom stereocenters. The van der Waals surface area contributed by atoms with Gasteiger partial charge in [-0.25, -0.2) is 13.4 Å². The highest BCUT2D eigenvalue weighted by molar-refractivity contribution is 7.90. The summed E-state index contributed by atoms with van der Waals surface area (Å²) < 4.78 is 23.3. The Hall–Kier alpha value is -3.13. The summed E-state index contributed by atoms with van der Waals surface area (Å²) in [6.45, 7) is 1.92. The van der Waals surface area contributed by atoms with E-state index >= 15 is 0 Å². The standard InChI is InChI=1S/C18H18N4O3S/c1-12-6-7-14(23)11-16(12)21-17-8-9-19-18(22-17)20-13-4-3-5-15(10-13)26(2,24)25/h3-11,23H,1-2H3,(H2,19,20,21,22). The minimum Gasteiger partial charge on any atom is -0.508 e. The molecule has 0 aliphatic carbocycles. The summed E-state index contributed by atoms with van der Waals surface area (Å²) in [5.74, 6) is 1.01. The average Bonchev–Trinajstić information content (AvgIpc) is 2.58. The van der Waals surface area contributed by atoms with Crippen LogP contribution in [0.15, 0.2) is 59.6 Å². The Balaban J connectivity index is 1.83. The Labute approximate surface area is 151 Å². The molecule has 3 aromatic rings. The number of anilines is 4. The highest BCUT2D eigenvalue weighted by Gasteiger charge is 2.08. The molecule has 3 N–H and O–H groups in total. The largest absolute Gasteiger partial charge is 0.508 e. The van der Waals surface area contributed by atoms with E-state index in [4.69, 9.17) is 0 Å². The number of nitrogens with zero attached hydrogens (tertiary/aromatic N) is 2. The maximum absolute atomic E-state index is 11.7. The van der Waals surface area contributed by atoms with Gasteiger partial charge >= 0.3 is 0 Å². The van der Waals surface area contributed by atoms with Crippen LogP contribution in [0.5, 0.6) is 5.75 Å². The van der Waals surface area contributed by atoms with Gasteiger partial charge in [-0.05, 0) is 42.8 Å². The van der Waals surface area contributed by atoms with Gasteiger partial charge in [-0.15, -0.1) is 0 Å². The van der Waals surface area contributed by atoms with Crippen LogP contribution < -0.4 is 10.6 Å². The Morgan fingerprint density at radius 3 is 2.62 bits per heavy atom. The van der Waals surface area contributed by atoms with E-state index in [1.54, 1.807) is 42.6 Å². The summed E-state index contributed by atoms with van der Waals surface area (Å²) in [5.41, 5.74) is 2.25. The van der Waals surface area contributed by atoms with Gasteiger partial charge in [0.25, 0.3) is 0 Å². The number of aromatic hydroxyl groups is 1. The van der Waals surface area contributed by atoms with Crippen molar-refractivity contribution in [1.29, 1.82) is 0 Å². The van der Waals surface area contributed by atoms with Crippen molar-refractivity contribution in [2.24, 2.45) is 0 Å². The number of hydrogen-bond acceptors (Lipinski definition) is 7. The molecular formula is C18H18N4O3S. The molecule has 2 aromatic carbocycles. The second-order valence-corrected chi connectivity index (χ2v) is 7.83. The molecule has 0 radical (unpaired) electrons. The van der Waals surface area contributed by atoms with Gasteiger partial charge in [0.2, 0.25) is 5.95 Å². The van der Waals surface area contributed by atoms with Crippen LogP contribution in [0.25, 0.3) is 0 Å². The third-order valence-corrected chi connectivity index (χ3v) is 4.77. The van der Waals surface area contributed by atoms with Crippen molar-refractivity contribution in [2.45, 2.75) is 11.8 Å². The first-order valence-corrected chi connectivity index (χ1v) is 9.67. The molecule has 0 saturated heterocycles. The van der Waals surface area contributed by atoms with Crippen LogP contribution >= 0.6 is 0 Å². The number of hydrogen-bond donors (Lipinski definition) is 3. The zero-order chi connectivity index (χ0) is 18.7. The predicted octanol–water partition coefficient (Wildman–Crippen LogP) is 3.38. The Kier molecular flexibility index (Phi) is 4.77. The number of rotatable bonds is 5. The van der Waals surface area contributed by atoms with Crippen LogP contribution in [0.4, 0.5) is 23.1 Å². The van der Waals surface area contributed by atoms with Crippen molar-refractivity contribution in [3.05, 3.63) is 60.3 Å². The van der Waals surface area contributed by atoms with Crippen molar-refractivity contribution in [3.8, 4) is 5.75 Å². The molecule has 0 aliphatic rings. The van der Waals surface area contributed by atoms with Gasteiger partial charge in [0.1, 0.15) is 11.6 Å². The van der Waals surface area contributed by atoms with Gasteiger partial charge in [-0.3, -0.25) is 0 Å². The number of phenols is 1. The topological polar surface area (TPSA) is 104 Å². The lowest BCUT2D eigenvalue weighted by molar-refractivity contribution is 0.475. The second-order valence-electron chi connectivity index (χ2n) is 5.81. The highest BCUT2D eigenvalue weighted by Crippen LogP contribution is 2.24. The summed E-state index contributed by atoms with van der Waals surface area (Å²) in [6.07, 6.45) is 2.74. The molecule has 0 saturated carbocycles. The van der Waals surface area contributed by atoms with Crippen LogP contribution in [0.3, 0.4) is 0 Å². The summed E-state index contributed by atoms with van der Waals surface area (Å²) in [7, 11) is -3.29. The first-order chi connectivity index (χ1) is 12.3. The molecule has 0 spiro atoms. The molecule has 1 aromatic heterocycles. The number of aryl methyl sites for hydroxylation is 1. The fourth-order valence-corrected chi connectivity index (χ4v) is 2.97. The maximum Gasteiger partial charge on any atom is 0.229 e. The smallest absolute Gasteiger partial charge is 0.229 e. The molecule has 26 heavy (non-hydrogen) atoms. The minimum atomic E-state index is -3.29. The minimum absolute atomic E-state index is 0.156. The fourth-order valence-electron chi connectivity index (χ4n) is 2.30. The normalized spacial score (nSPS) is 11.2. The predicted molar refractivity (Wildman–Crippen MR) is 101 cm³/mol. The zero-order valence-corrected chi connectivity index (χ0v) is 15.1. The number of aromatic nitrogens is 2. The SMILES string of the molecule is Cc1ccc(O)cc1Nc1ccnc(Nc2cccc(S(C)(=O)=O)c2)n1. The summed E-state index contributed by atoms with van der Waals surface area (Å²) in [6, 6.07) is 13.2. The number of benzene rings is 2. The molecule has 0 atom stereocenters. The van der Waals surface area contributed by atoms with Crippen LogP contribution in [0.2, 0.25) is 0 Å². The Morgan fingerprint density at radius 2 is 1.85 bits per heavy atom. The van der Waals surface area contributed by atoms with E-state index in [0.29, 0.717) is 17.5 Å². The summed E-state index contributed by atoms with van der Waals surface area (Å²) in [5, 5.41) is 15.7. The quantitative estimate of drug-likeness (QED) is 0.632. The lowest BCUT2D eigenvalue weighted by Crippen LogP contribution is -2.02. The van der Waals surface area contributed by atoms with Crippen LogP contribution in [0.1, 0.15) is 5.56 Å². The van der Waals surface area contributed by atoms with Crippen molar-refractivity contribution in [1.82, 2.24) is 9.97 Å². The maximum atomic E-state index is 11.7. The molecule has 1 heterocycles. The fraction of sp³-hybridized carbons (Fsp3) is 0.111. The molecule has 7 nitrogen and oxygen atoms in total. The van der Waals surface area contributed by atoms with Crippen molar-refractivity contribution >= 4 is 33.0 Å². The lowest BCUT2D eigenvalue weighted by Gasteiger charge is -2.11. The van der Waals surface area contributed by atoms with E-state index < -0.39 is 9.84 Å². The van der Waals surface area contributed by atoms with Crippen molar-refractivity contribution < 1.29 is 13.5 Å². The lowest BCUT2D eigenvalue weighted by atomic mass is 10.2. The van der Waals surface area contributed by atoms with Crippen LogP contribution in [-0.2, 0) is 9.84 Å². The van der Waals surface area contributed by atoms with Gasteiger partial charge in [0.15, 0.2) is 9.84 Å². The summed E-state index contributed by atoms with van der Waals surface area (Å²) >= 11 is 0. The molecule has 0 fully saturated rings. The van der Waals surface area contributed by atoms with E-state index in [1.165, 1.54) is 12.1 Å². The third kappa shape index (κ3) is 4.28. The van der Waals surface area contributed by atoms with Gasteiger partial charge in [-0.2, -0.15) is 4.98 Å². The van der Waals surface area contributed by atoms with Crippen molar-refractivity contribution in [2.75, 3.05) is 16.9 Å². The molecule has 0 amide bonds. The summed E-state index contributed by atoms with van der Waals surface area (Å²) in [4.78, 5) is 8.72. The molecule has 134 valence electrons. The average molecular weight is 370 g/mol. The number of sulfone groups is 1. The van der Waals surface area contributed by atoms with E-state index in [9.17, 15) is 13.5 Å². The molecule has 8 heteroatoms. The molecular weight excluding hydrogens is 352 g/mol. The van der Waals surface area contributed by atoms with Gasteiger partial charge in [-0.1, -0.05) is 12.1 Å². The Bertz CT molecular complexity index is 1050. The number of nitrogens with one attached hydrogen (secondary N) is 2. The van der Waals surface area contributed by atoms with Gasteiger partial charge in [0.05, 0.1) is 4.90 Å². The zero-order valence-electron chi connectivity index (χ0n) is 14.3. The molecule has 3 rings (SSSR count). The first kappa shape index (κ1) is 17.7. The third-order valence-electron chi connectivity index (χ3n) is 3.66. The van der Waals surface area contributed by atoms with E-state index in [-0.39, 0.29) is 10.6 Å². The van der Waals surface area contributed by atoms with Crippen LogP contribution in [-0.4, -0.2) is 29.7 Å². The Morgan fingerprint density at radius 1 is 1.04 bits per heavy atom. The highest BCUT2D eigenvalue weighted by atomic mass is 32.2. The van der Waals surface area contributed by atoms with E-state index in [1.807, 2.05) is 6.92 Å². The molecule has 0 aliphatic heterocycles. The van der Waals surface area contributed by atoms with E-state index in [0.717, 1.165) is 17.5 Å². The van der Waals surface area contributed by atoms with Crippen LogP contribution in [0, 0.1) is 6.92 Å². The molecule has 0 bridgehead atoms. The van der Waals surface area contributed by atoms with Gasteiger partial charge in [0, 0.05) is 29.9 Å². The second kappa shape index (κ2) is 7.01.